The van der Waals surface area contributed by atoms with Gasteiger partial charge in [0.1, 0.15) is 17.3 Å². The number of hydrogen-bond acceptors (Lipinski definition) is 6. The van der Waals surface area contributed by atoms with Gasteiger partial charge in [0.15, 0.2) is 0 Å². The van der Waals surface area contributed by atoms with E-state index in [2.05, 4.69) is 10.1 Å². The average Bonchev–Trinajstić information content (AvgIpc) is 2.88. The molecule has 8 heteroatoms. The number of nitrogens with zero attached hydrogens (tertiary/aromatic N) is 1. The molecule has 28 heavy (non-hydrogen) atoms. The molecule has 0 spiro atoms. The number of halogens is 1. The third-order valence-corrected chi connectivity index (χ3v) is 4.40. The molecule has 1 aliphatic rings. The summed E-state index contributed by atoms with van der Waals surface area (Å²) >= 11 is 0. The third kappa shape index (κ3) is 4.46. The van der Waals surface area contributed by atoms with E-state index in [0.717, 1.165) is 6.42 Å². The van der Waals surface area contributed by atoms with Crippen LogP contribution in [0.25, 0.3) is 6.08 Å². The summed E-state index contributed by atoms with van der Waals surface area (Å²) in [6.07, 6.45) is 3.99. The molecule has 0 amide bonds. The van der Waals surface area contributed by atoms with Crippen molar-refractivity contribution in [2.75, 3.05) is 19.0 Å². The molecule has 0 fully saturated rings. The average molecular weight is 386 g/mol. The first-order chi connectivity index (χ1) is 13.5. The van der Waals surface area contributed by atoms with E-state index in [9.17, 15) is 19.3 Å². The van der Waals surface area contributed by atoms with Crippen molar-refractivity contribution < 1.29 is 23.6 Å². The van der Waals surface area contributed by atoms with E-state index in [1.165, 1.54) is 37.5 Å². The fourth-order valence-corrected chi connectivity index (χ4v) is 3.04. The monoisotopic (exact) mass is 386 g/mol. The lowest BCUT2D eigenvalue weighted by Gasteiger charge is -2.20. The predicted molar refractivity (Wildman–Crippen MR) is 102 cm³/mol. The Bertz CT molecular complexity index is 929. The molecule has 0 saturated heterocycles. The second-order valence-corrected chi connectivity index (χ2v) is 6.26. The number of carbonyl (C=O) groups is 1. The summed E-state index contributed by atoms with van der Waals surface area (Å²) < 4.78 is 23.9. The van der Waals surface area contributed by atoms with Crippen molar-refractivity contribution in [1.29, 1.82) is 0 Å². The SMILES string of the molecule is COC(=O)/C=C/c1ccc(NC2CCCOc3ccc(F)cc32)c([N+](=O)[O-])c1. The molecule has 146 valence electrons. The van der Waals surface area contributed by atoms with E-state index in [1.54, 1.807) is 18.2 Å². The van der Waals surface area contributed by atoms with Crippen molar-refractivity contribution in [3.05, 3.63) is 69.5 Å². The largest absolute Gasteiger partial charge is 0.493 e. The van der Waals surface area contributed by atoms with Gasteiger partial charge in [0.25, 0.3) is 5.69 Å². The molecule has 1 aliphatic heterocycles. The van der Waals surface area contributed by atoms with Gasteiger partial charge in [-0.25, -0.2) is 9.18 Å². The van der Waals surface area contributed by atoms with Crippen LogP contribution in [0.3, 0.4) is 0 Å². The molecule has 2 aromatic carbocycles. The summed E-state index contributed by atoms with van der Waals surface area (Å²) in [5.74, 6) is -0.382. The van der Waals surface area contributed by atoms with Crippen molar-refractivity contribution in [1.82, 2.24) is 0 Å². The maximum absolute atomic E-state index is 13.7. The summed E-state index contributed by atoms with van der Waals surface area (Å²) in [6, 6.07) is 8.53. The predicted octanol–water partition coefficient (Wildman–Crippen LogP) is 4.25. The molecule has 1 heterocycles. The van der Waals surface area contributed by atoms with Gasteiger partial charge < -0.3 is 14.8 Å². The first-order valence-electron chi connectivity index (χ1n) is 8.71. The highest BCUT2D eigenvalue weighted by atomic mass is 19.1. The zero-order chi connectivity index (χ0) is 20.1. The summed E-state index contributed by atoms with van der Waals surface area (Å²) in [4.78, 5) is 22.3. The van der Waals surface area contributed by atoms with Gasteiger partial charge in [-0.05, 0) is 48.7 Å². The zero-order valence-electron chi connectivity index (χ0n) is 15.2. The number of nitrogens with one attached hydrogen (secondary N) is 1. The van der Waals surface area contributed by atoms with Gasteiger partial charge in [-0.1, -0.05) is 6.07 Å². The number of esters is 1. The molecular weight excluding hydrogens is 367 g/mol. The molecule has 0 radical (unpaired) electrons. The maximum atomic E-state index is 13.7. The van der Waals surface area contributed by atoms with E-state index in [4.69, 9.17) is 4.74 Å². The van der Waals surface area contributed by atoms with Gasteiger partial charge >= 0.3 is 5.97 Å². The van der Waals surface area contributed by atoms with Crippen LogP contribution in [-0.4, -0.2) is 24.6 Å². The van der Waals surface area contributed by atoms with Gasteiger partial charge in [0, 0.05) is 17.7 Å². The summed E-state index contributed by atoms with van der Waals surface area (Å²) in [7, 11) is 1.25. The molecule has 0 aromatic heterocycles. The van der Waals surface area contributed by atoms with Gasteiger partial charge in [-0.2, -0.15) is 0 Å². The van der Waals surface area contributed by atoms with E-state index >= 15 is 0 Å². The van der Waals surface area contributed by atoms with E-state index in [1.807, 2.05) is 0 Å². The lowest BCUT2D eigenvalue weighted by molar-refractivity contribution is -0.384. The summed E-state index contributed by atoms with van der Waals surface area (Å²) in [6.45, 7) is 0.496. The fraction of sp³-hybridized carbons (Fsp3) is 0.250. The highest BCUT2D eigenvalue weighted by molar-refractivity contribution is 5.87. The van der Waals surface area contributed by atoms with Gasteiger partial charge in [-0.15, -0.1) is 0 Å². The Morgan fingerprint density at radius 3 is 2.93 bits per heavy atom. The van der Waals surface area contributed by atoms with E-state index in [-0.39, 0.29) is 11.7 Å². The minimum absolute atomic E-state index is 0.143. The maximum Gasteiger partial charge on any atom is 0.330 e. The first-order valence-corrected chi connectivity index (χ1v) is 8.71. The van der Waals surface area contributed by atoms with Crippen LogP contribution in [0.4, 0.5) is 15.8 Å². The molecule has 7 nitrogen and oxygen atoms in total. The van der Waals surface area contributed by atoms with Crippen LogP contribution in [0.2, 0.25) is 0 Å². The molecule has 1 atom stereocenters. The van der Waals surface area contributed by atoms with Crippen LogP contribution in [0.1, 0.15) is 30.0 Å². The molecular formula is C20H19FN2O5. The molecule has 1 unspecified atom stereocenters. The highest BCUT2D eigenvalue weighted by Crippen LogP contribution is 2.37. The van der Waals surface area contributed by atoms with Crippen LogP contribution < -0.4 is 10.1 Å². The Labute approximate surface area is 160 Å². The number of hydrogen-bond donors (Lipinski definition) is 1. The Morgan fingerprint density at radius 1 is 1.36 bits per heavy atom. The van der Waals surface area contributed by atoms with Crippen molar-refractivity contribution >= 4 is 23.4 Å². The number of benzene rings is 2. The van der Waals surface area contributed by atoms with Crippen LogP contribution in [0.5, 0.6) is 5.75 Å². The van der Waals surface area contributed by atoms with E-state index in [0.29, 0.717) is 35.6 Å². The zero-order valence-corrected chi connectivity index (χ0v) is 15.2. The second-order valence-electron chi connectivity index (χ2n) is 6.26. The Kier molecular flexibility index (Phi) is 5.88. The number of methoxy groups -OCH3 is 1. The number of nitro benzene ring substituents is 1. The quantitative estimate of drug-likeness (QED) is 0.358. The first kappa shape index (κ1) is 19.3. The Morgan fingerprint density at radius 2 is 2.18 bits per heavy atom. The molecule has 0 aliphatic carbocycles. The van der Waals surface area contributed by atoms with Gasteiger partial charge in [-0.3, -0.25) is 10.1 Å². The molecule has 2 aromatic rings. The summed E-state index contributed by atoms with van der Waals surface area (Å²) in [5, 5.41) is 14.7. The standard InChI is InChI=1S/C20H19FN2O5/c1-27-20(24)9-5-13-4-7-17(18(11-13)23(25)26)22-16-3-2-10-28-19-8-6-14(21)12-15(16)19/h4-9,11-12,16,22H,2-3,10H2,1H3/b9-5+. The lowest BCUT2D eigenvalue weighted by atomic mass is 10.0. The van der Waals surface area contributed by atoms with Crippen molar-refractivity contribution in [3.8, 4) is 5.75 Å². The Hall–Kier alpha value is -3.42. The van der Waals surface area contributed by atoms with Crippen LogP contribution >= 0.6 is 0 Å². The number of carbonyl (C=O) groups excluding carboxylic acids is 1. The summed E-state index contributed by atoms with van der Waals surface area (Å²) in [5.41, 5.74) is 1.28. The fourth-order valence-electron chi connectivity index (χ4n) is 3.04. The second kappa shape index (κ2) is 8.51. The van der Waals surface area contributed by atoms with Gasteiger partial charge in [0.2, 0.25) is 0 Å². The molecule has 0 saturated carbocycles. The van der Waals surface area contributed by atoms with Crippen LogP contribution in [0, 0.1) is 15.9 Å². The van der Waals surface area contributed by atoms with Crippen molar-refractivity contribution in [2.45, 2.75) is 18.9 Å². The number of anilines is 1. The van der Waals surface area contributed by atoms with Crippen LogP contribution in [-0.2, 0) is 9.53 Å². The lowest BCUT2D eigenvalue weighted by Crippen LogP contribution is -2.12. The number of rotatable bonds is 5. The minimum Gasteiger partial charge on any atom is -0.493 e. The topological polar surface area (TPSA) is 90.7 Å². The van der Waals surface area contributed by atoms with Gasteiger partial charge in [0.05, 0.1) is 24.7 Å². The number of nitro groups is 1. The van der Waals surface area contributed by atoms with Crippen molar-refractivity contribution in [2.24, 2.45) is 0 Å². The molecule has 3 rings (SSSR count). The minimum atomic E-state index is -0.554. The van der Waals surface area contributed by atoms with E-state index < -0.39 is 16.7 Å². The normalized spacial score (nSPS) is 16.0. The molecule has 0 bridgehead atoms. The number of fused-ring (bicyclic) bond motifs is 1. The number of ether oxygens (including phenoxy) is 2. The molecule has 1 N–H and O–H groups in total. The Balaban J connectivity index is 1.92. The van der Waals surface area contributed by atoms with Crippen LogP contribution in [0.15, 0.2) is 42.5 Å². The van der Waals surface area contributed by atoms with Crippen molar-refractivity contribution in [3.63, 3.8) is 0 Å². The smallest absolute Gasteiger partial charge is 0.330 e. The highest BCUT2D eigenvalue weighted by Gasteiger charge is 2.23. The third-order valence-electron chi connectivity index (χ3n) is 4.40.